The molecule has 2 rings (SSSR count). The standard InChI is InChI=1S/C13H13F3O4S2/c14-13(15,16)9-5-7-10(8-6-9)22(18,19)20-21-12-4-2-1-3-11(12)17/h5-8,12H,1-4H2. The molecule has 1 atom stereocenters. The number of hydrogen-bond acceptors (Lipinski definition) is 5. The van der Waals surface area contributed by atoms with Gasteiger partial charge in [-0.2, -0.15) is 25.2 Å². The molecule has 0 bridgehead atoms. The van der Waals surface area contributed by atoms with Crippen LogP contribution in [0.25, 0.3) is 0 Å². The average Bonchev–Trinajstić information content (AvgIpc) is 2.46. The molecule has 122 valence electrons. The molecule has 0 radical (unpaired) electrons. The molecule has 0 saturated heterocycles. The second-order valence-corrected chi connectivity index (χ2v) is 7.53. The SMILES string of the molecule is O=C1CCCCC1SOS(=O)(=O)c1ccc(C(F)(F)F)cc1. The zero-order valence-electron chi connectivity index (χ0n) is 11.3. The van der Waals surface area contributed by atoms with E-state index in [1.54, 1.807) is 0 Å². The van der Waals surface area contributed by atoms with Gasteiger partial charge in [0.05, 0.1) is 15.7 Å². The van der Waals surface area contributed by atoms with Gasteiger partial charge < -0.3 is 0 Å². The molecule has 4 nitrogen and oxygen atoms in total. The smallest absolute Gasteiger partial charge is 0.298 e. The van der Waals surface area contributed by atoms with Gasteiger partial charge in [-0.3, -0.25) is 4.79 Å². The molecule has 1 aliphatic carbocycles. The molecule has 0 spiro atoms. The van der Waals surface area contributed by atoms with Gasteiger partial charge in [0.1, 0.15) is 5.78 Å². The summed E-state index contributed by atoms with van der Waals surface area (Å²) in [5.74, 6) is -0.0705. The molecule has 22 heavy (non-hydrogen) atoms. The fourth-order valence-electron chi connectivity index (χ4n) is 2.00. The van der Waals surface area contributed by atoms with Crippen LogP contribution in [0.5, 0.6) is 0 Å². The lowest BCUT2D eigenvalue weighted by Crippen LogP contribution is -2.22. The summed E-state index contributed by atoms with van der Waals surface area (Å²) in [6.07, 6.45) is -2.02. The first kappa shape index (κ1) is 17.3. The Morgan fingerprint density at radius 2 is 1.77 bits per heavy atom. The topological polar surface area (TPSA) is 60.4 Å². The van der Waals surface area contributed by atoms with E-state index < -0.39 is 27.1 Å². The average molecular weight is 354 g/mol. The van der Waals surface area contributed by atoms with Crippen LogP contribution < -0.4 is 0 Å². The highest BCUT2D eigenvalue weighted by Crippen LogP contribution is 2.32. The van der Waals surface area contributed by atoms with Crippen molar-refractivity contribution in [3.63, 3.8) is 0 Å². The van der Waals surface area contributed by atoms with E-state index in [0.29, 0.717) is 37.0 Å². The van der Waals surface area contributed by atoms with E-state index in [-0.39, 0.29) is 10.7 Å². The monoisotopic (exact) mass is 354 g/mol. The van der Waals surface area contributed by atoms with Gasteiger partial charge in [-0.05, 0) is 37.1 Å². The van der Waals surface area contributed by atoms with Crippen LogP contribution in [-0.2, 0) is 24.7 Å². The van der Waals surface area contributed by atoms with Crippen molar-refractivity contribution in [2.24, 2.45) is 0 Å². The molecule has 9 heteroatoms. The van der Waals surface area contributed by atoms with E-state index in [2.05, 4.69) is 0 Å². The third-order valence-corrected chi connectivity index (χ3v) is 5.83. The lowest BCUT2D eigenvalue weighted by atomic mass is 9.99. The maximum atomic E-state index is 12.4. The first-order chi connectivity index (χ1) is 10.2. The largest absolute Gasteiger partial charge is 0.416 e. The summed E-state index contributed by atoms with van der Waals surface area (Å²) in [5, 5.41) is -0.544. The van der Waals surface area contributed by atoms with Crippen molar-refractivity contribution in [2.75, 3.05) is 0 Å². The van der Waals surface area contributed by atoms with Crippen molar-refractivity contribution >= 4 is 27.9 Å². The van der Waals surface area contributed by atoms with Crippen molar-refractivity contribution in [3.05, 3.63) is 29.8 Å². The van der Waals surface area contributed by atoms with Crippen LogP contribution in [-0.4, -0.2) is 19.5 Å². The second kappa shape index (κ2) is 6.59. The van der Waals surface area contributed by atoms with Gasteiger partial charge in [0.25, 0.3) is 0 Å². The Morgan fingerprint density at radius 1 is 1.14 bits per heavy atom. The molecule has 1 aromatic rings. The Hall–Kier alpha value is -1.06. The number of hydrogen-bond donors (Lipinski definition) is 0. The summed E-state index contributed by atoms with van der Waals surface area (Å²) >= 11 is 0.557. The lowest BCUT2D eigenvalue weighted by molar-refractivity contribution is -0.137. The normalized spacial score (nSPS) is 20.1. The number of halogens is 3. The number of alkyl halides is 3. The maximum absolute atomic E-state index is 12.4. The van der Waals surface area contributed by atoms with Crippen LogP contribution in [0.2, 0.25) is 0 Å². The second-order valence-electron chi connectivity index (χ2n) is 4.84. The molecule has 1 aliphatic rings. The first-order valence-corrected chi connectivity index (χ1v) is 8.71. The van der Waals surface area contributed by atoms with E-state index in [9.17, 15) is 26.4 Å². The molecule has 0 aliphatic heterocycles. The molecule has 1 fully saturated rings. The first-order valence-electron chi connectivity index (χ1n) is 6.50. The summed E-state index contributed by atoms with van der Waals surface area (Å²) in [6.45, 7) is 0. The van der Waals surface area contributed by atoms with Gasteiger partial charge in [-0.25, -0.2) is 0 Å². The molecule has 1 unspecified atom stereocenters. The number of rotatable bonds is 4. The summed E-state index contributed by atoms with van der Waals surface area (Å²) in [4.78, 5) is 11.2. The van der Waals surface area contributed by atoms with Crippen molar-refractivity contribution < 1.29 is 30.0 Å². The van der Waals surface area contributed by atoms with Gasteiger partial charge in [-0.15, -0.1) is 0 Å². The van der Waals surface area contributed by atoms with Crippen LogP contribution in [0.4, 0.5) is 13.2 Å². The molecule has 0 heterocycles. The van der Waals surface area contributed by atoms with E-state index in [4.69, 9.17) is 3.63 Å². The Morgan fingerprint density at radius 3 is 2.32 bits per heavy atom. The molecule has 1 saturated carbocycles. The van der Waals surface area contributed by atoms with Gasteiger partial charge in [-0.1, -0.05) is 6.42 Å². The van der Waals surface area contributed by atoms with Crippen molar-refractivity contribution in [2.45, 2.75) is 42.0 Å². The van der Waals surface area contributed by atoms with Crippen LogP contribution >= 0.6 is 12.0 Å². The van der Waals surface area contributed by atoms with E-state index in [1.807, 2.05) is 0 Å². The van der Waals surface area contributed by atoms with Crippen LogP contribution in [0.1, 0.15) is 31.2 Å². The fourth-order valence-corrected chi connectivity index (χ4v) is 4.07. The van der Waals surface area contributed by atoms with Crippen LogP contribution in [0.15, 0.2) is 29.2 Å². The Kier molecular flexibility index (Phi) is 5.18. The molecule has 0 aromatic heterocycles. The van der Waals surface area contributed by atoms with Gasteiger partial charge in [0, 0.05) is 18.5 Å². The van der Waals surface area contributed by atoms with E-state index in [1.165, 1.54) is 0 Å². The number of carbonyl (C=O) groups is 1. The maximum Gasteiger partial charge on any atom is 0.416 e. The van der Waals surface area contributed by atoms with Crippen LogP contribution in [0, 0.1) is 0 Å². The van der Waals surface area contributed by atoms with Crippen molar-refractivity contribution in [3.8, 4) is 0 Å². The lowest BCUT2D eigenvalue weighted by Gasteiger charge is -2.18. The van der Waals surface area contributed by atoms with Gasteiger partial charge >= 0.3 is 16.3 Å². The summed E-state index contributed by atoms with van der Waals surface area (Å²) < 4.78 is 65.8. The van der Waals surface area contributed by atoms with Crippen molar-refractivity contribution in [1.29, 1.82) is 0 Å². The fraction of sp³-hybridized carbons (Fsp3) is 0.462. The highest BCUT2D eigenvalue weighted by atomic mass is 32.3. The van der Waals surface area contributed by atoms with E-state index in [0.717, 1.165) is 25.0 Å². The summed E-state index contributed by atoms with van der Waals surface area (Å²) in [5.41, 5.74) is -0.943. The number of carbonyl (C=O) groups excluding carboxylic acids is 1. The highest BCUT2D eigenvalue weighted by molar-refractivity contribution is 8.05. The number of ketones is 1. The van der Waals surface area contributed by atoms with Crippen LogP contribution in [0.3, 0.4) is 0 Å². The van der Waals surface area contributed by atoms with E-state index >= 15 is 0 Å². The third kappa shape index (κ3) is 4.23. The Labute approximate surface area is 130 Å². The quantitative estimate of drug-likeness (QED) is 0.774. The Bertz CT molecular complexity index is 638. The summed E-state index contributed by atoms with van der Waals surface area (Å²) in [6, 6.07) is 3.02. The number of Topliss-reactive ketones (excluding diaryl/α,β-unsaturated/α-hetero) is 1. The minimum absolute atomic E-state index is 0.0705. The number of benzene rings is 1. The van der Waals surface area contributed by atoms with Crippen molar-refractivity contribution in [1.82, 2.24) is 0 Å². The minimum Gasteiger partial charge on any atom is -0.298 e. The predicted molar refractivity (Wildman–Crippen MR) is 74.6 cm³/mol. The minimum atomic E-state index is -4.54. The Balaban J connectivity index is 2.05. The third-order valence-electron chi connectivity index (χ3n) is 3.21. The molecular formula is C13H13F3O4S2. The molecular weight excluding hydrogens is 341 g/mol. The molecule has 1 aromatic carbocycles. The molecule has 0 N–H and O–H groups in total. The molecule has 0 amide bonds. The highest BCUT2D eigenvalue weighted by Gasteiger charge is 2.31. The zero-order chi connectivity index (χ0) is 16.4. The van der Waals surface area contributed by atoms with Gasteiger partial charge in [0.2, 0.25) is 0 Å². The zero-order valence-corrected chi connectivity index (χ0v) is 12.9. The predicted octanol–water partition coefficient (Wildman–Crippen LogP) is 3.57. The van der Waals surface area contributed by atoms with Gasteiger partial charge in [0.15, 0.2) is 0 Å². The summed E-state index contributed by atoms with van der Waals surface area (Å²) in [7, 11) is -4.20.